The minimum absolute atomic E-state index is 0.614. The summed E-state index contributed by atoms with van der Waals surface area (Å²) in [5.74, 6) is 0.614. The second-order valence-corrected chi connectivity index (χ2v) is 14.3. The fraction of sp³-hybridized carbons (Fsp3) is 0. The first kappa shape index (κ1) is 34.7. The fourth-order valence-corrected chi connectivity index (χ4v) is 8.38. The summed E-state index contributed by atoms with van der Waals surface area (Å²) in [4.78, 5) is 4.93. The lowest BCUT2D eigenvalue weighted by Gasteiger charge is -2.15. The first-order valence-corrected chi connectivity index (χ1v) is 19.5. The van der Waals surface area contributed by atoms with E-state index in [1.165, 1.54) is 60.4 Å². The molecule has 11 aromatic rings. The van der Waals surface area contributed by atoms with Crippen LogP contribution in [0.4, 0.5) is 0 Å². The van der Waals surface area contributed by atoms with E-state index < -0.39 is 0 Å². The maximum absolute atomic E-state index is 6.52. The van der Waals surface area contributed by atoms with E-state index in [0.29, 0.717) is 5.89 Å². The van der Waals surface area contributed by atoms with Crippen molar-refractivity contribution in [2.45, 2.75) is 0 Å². The number of para-hydroxylation sites is 3. The summed E-state index contributed by atoms with van der Waals surface area (Å²) in [7, 11) is 0. The van der Waals surface area contributed by atoms with Gasteiger partial charge < -0.3 is 8.98 Å². The van der Waals surface area contributed by atoms with E-state index in [-0.39, 0.29) is 0 Å². The van der Waals surface area contributed by atoms with Gasteiger partial charge in [-0.3, -0.25) is 0 Å². The van der Waals surface area contributed by atoms with E-state index in [9.17, 15) is 0 Å². The quantitative estimate of drug-likeness (QED) is 0.159. The van der Waals surface area contributed by atoms with Gasteiger partial charge in [0.25, 0.3) is 0 Å². The number of hydrogen-bond donors (Lipinski definition) is 0. The maximum atomic E-state index is 6.52. The zero-order chi connectivity index (χ0) is 39.0. The molecule has 58 heavy (non-hydrogen) atoms. The Bertz CT molecular complexity index is 3200. The molecule has 274 valence electrons. The monoisotopic (exact) mass is 742 g/mol. The van der Waals surface area contributed by atoms with Crippen molar-refractivity contribution in [1.29, 1.82) is 0 Å². The van der Waals surface area contributed by atoms with Crippen molar-refractivity contribution in [1.82, 2.24) is 9.55 Å². The van der Waals surface area contributed by atoms with Gasteiger partial charge in [0.05, 0.1) is 11.0 Å². The van der Waals surface area contributed by atoms with Crippen molar-refractivity contribution in [2.75, 3.05) is 0 Å². The summed E-state index contributed by atoms with van der Waals surface area (Å²) < 4.78 is 8.88. The van der Waals surface area contributed by atoms with Crippen molar-refractivity contribution < 1.29 is 4.42 Å². The largest absolute Gasteiger partial charge is 0.435 e. The summed E-state index contributed by atoms with van der Waals surface area (Å²) in [6.45, 7) is 6.00. The van der Waals surface area contributed by atoms with Crippen molar-refractivity contribution in [3.05, 3.63) is 219 Å². The molecule has 0 bridgehead atoms. The highest BCUT2D eigenvalue weighted by atomic mass is 16.3. The predicted molar refractivity (Wildman–Crippen MR) is 244 cm³/mol. The summed E-state index contributed by atoms with van der Waals surface area (Å²) in [6, 6.07) is 73.4. The normalized spacial score (nSPS) is 11.2. The minimum atomic E-state index is 0.614. The van der Waals surface area contributed by atoms with Crippen LogP contribution >= 0.6 is 0 Å². The van der Waals surface area contributed by atoms with E-state index >= 15 is 0 Å². The number of oxazole rings is 1. The molecule has 2 aromatic heterocycles. The van der Waals surface area contributed by atoms with Crippen LogP contribution in [0.5, 0.6) is 0 Å². The zero-order valence-electron chi connectivity index (χ0n) is 31.8. The SMILES string of the molecule is C=C.c1ccc(-c2ccccc2-c2ccc(-n3c4ccccc4c4ccccc43)cc2)c(-c2ccc(-c3nc4cccc(-c5ccc6ccccc6c5)c4o3)cc2)c1. The molecule has 9 aromatic carbocycles. The van der Waals surface area contributed by atoms with E-state index in [0.717, 1.165) is 39.0 Å². The summed E-state index contributed by atoms with van der Waals surface area (Å²) in [6.07, 6.45) is 0. The average molecular weight is 743 g/mol. The molecule has 3 nitrogen and oxygen atoms in total. The van der Waals surface area contributed by atoms with Crippen LogP contribution in [0.2, 0.25) is 0 Å². The molecular weight excluding hydrogens is 705 g/mol. The van der Waals surface area contributed by atoms with Gasteiger partial charge in [-0.05, 0) is 98.2 Å². The van der Waals surface area contributed by atoms with Gasteiger partial charge >= 0.3 is 0 Å². The Morgan fingerprint density at radius 2 is 0.862 bits per heavy atom. The molecule has 0 saturated carbocycles. The van der Waals surface area contributed by atoms with Crippen LogP contribution in [0.3, 0.4) is 0 Å². The molecule has 0 atom stereocenters. The van der Waals surface area contributed by atoms with E-state index in [2.05, 4.69) is 218 Å². The Hall–Kier alpha value is -7.75. The predicted octanol–water partition coefficient (Wildman–Crippen LogP) is 15.2. The van der Waals surface area contributed by atoms with Gasteiger partial charge in [-0.1, -0.05) is 158 Å². The van der Waals surface area contributed by atoms with E-state index in [1.807, 2.05) is 6.07 Å². The number of aromatic nitrogens is 2. The molecule has 2 heterocycles. The maximum Gasteiger partial charge on any atom is 0.227 e. The van der Waals surface area contributed by atoms with Crippen LogP contribution < -0.4 is 0 Å². The standard InChI is InChI=1S/C53H34N2O.C2H4/c1-2-13-39-34-40(29-24-35(39)12-1)44-20-11-21-49-52(44)56-53(54-49)38-27-25-36(26-28-38)42-14-3-5-16-45(42)46-17-6-4-15-43(46)37-30-32-41(33-31-37)55-50-22-9-7-18-47(50)48-19-8-10-23-51(48)55;1-2/h1-34H;1-2H2. The molecule has 0 saturated heterocycles. The van der Waals surface area contributed by atoms with Crippen molar-refractivity contribution >= 4 is 43.7 Å². The molecule has 0 aliphatic carbocycles. The third-order valence-electron chi connectivity index (χ3n) is 11.1. The number of fused-ring (bicyclic) bond motifs is 5. The molecule has 0 N–H and O–H groups in total. The van der Waals surface area contributed by atoms with Gasteiger partial charge in [0.2, 0.25) is 5.89 Å². The third-order valence-corrected chi connectivity index (χ3v) is 11.1. The average Bonchev–Trinajstić information content (AvgIpc) is 3.90. The Morgan fingerprint density at radius 1 is 0.379 bits per heavy atom. The van der Waals surface area contributed by atoms with E-state index in [1.54, 1.807) is 0 Å². The lowest BCUT2D eigenvalue weighted by molar-refractivity contribution is 0.621. The summed E-state index contributed by atoms with van der Waals surface area (Å²) in [5, 5.41) is 4.95. The van der Waals surface area contributed by atoms with Crippen LogP contribution in [-0.4, -0.2) is 9.55 Å². The topological polar surface area (TPSA) is 31.0 Å². The highest BCUT2D eigenvalue weighted by Gasteiger charge is 2.17. The molecule has 3 heteroatoms. The second kappa shape index (κ2) is 14.7. The first-order chi connectivity index (χ1) is 28.8. The van der Waals surface area contributed by atoms with Crippen LogP contribution in [0.15, 0.2) is 224 Å². The molecule has 0 aliphatic rings. The van der Waals surface area contributed by atoms with Gasteiger partial charge in [-0.2, -0.15) is 0 Å². The van der Waals surface area contributed by atoms with Gasteiger partial charge in [0, 0.05) is 27.6 Å². The molecular formula is C55H38N2O. The minimum Gasteiger partial charge on any atom is -0.435 e. The van der Waals surface area contributed by atoms with E-state index in [4.69, 9.17) is 9.40 Å². The highest BCUT2D eigenvalue weighted by Crippen LogP contribution is 2.40. The lowest BCUT2D eigenvalue weighted by atomic mass is 9.89. The second-order valence-electron chi connectivity index (χ2n) is 14.3. The summed E-state index contributed by atoms with van der Waals surface area (Å²) >= 11 is 0. The van der Waals surface area contributed by atoms with Crippen molar-refractivity contribution in [2.24, 2.45) is 0 Å². The zero-order valence-corrected chi connectivity index (χ0v) is 31.8. The third kappa shape index (κ3) is 5.98. The number of benzene rings is 9. The lowest BCUT2D eigenvalue weighted by Crippen LogP contribution is -1.94. The summed E-state index contributed by atoms with van der Waals surface area (Å²) in [5.41, 5.74) is 15.4. The number of rotatable bonds is 6. The van der Waals surface area contributed by atoms with Crippen LogP contribution in [0, 0.1) is 0 Å². The van der Waals surface area contributed by atoms with Crippen molar-refractivity contribution in [3.63, 3.8) is 0 Å². The van der Waals surface area contributed by atoms with Gasteiger partial charge in [-0.15, -0.1) is 13.2 Å². The Kier molecular flexibility index (Phi) is 8.81. The molecule has 0 spiro atoms. The van der Waals surface area contributed by atoms with Crippen LogP contribution in [0.1, 0.15) is 0 Å². The Balaban J connectivity index is 0.00000201. The van der Waals surface area contributed by atoms with Crippen molar-refractivity contribution in [3.8, 4) is 61.6 Å². The molecule has 0 fully saturated rings. The Labute approximate surface area is 337 Å². The van der Waals surface area contributed by atoms with Gasteiger partial charge in [0.1, 0.15) is 5.52 Å². The highest BCUT2D eigenvalue weighted by molar-refractivity contribution is 6.09. The first-order valence-electron chi connectivity index (χ1n) is 19.5. The number of nitrogens with zero attached hydrogens (tertiary/aromatic N) is 2. The van der Waals surface area contributed by atoms with Gasteiger partial charge in [0.15, 0.2) is 5.58 Å². The molecule has 0 unspecified atom stereocenters. The number of hydrogen-bond acceptors (Lipinski definition) is 2. The van der Waals surface area contributed by atoms with Crippen LogP contribution in [-0.2, 0) is 0 Å². The fourth-order valence-electron chi connectivity index (χ4n) is 8.38. The molecule has 0 amide bonds. The Morgan fingerprint density at radius 3 is 1.50 bits per heavy atom. The molecule has 0 radical (unpaired) electrons. The molecule has 11 rings (SSSR count). The van der Waals surface area contributed by atoms with Gasteiger partial charge in [-0.25, -0.2) is 4.98 Å². The molecule has 0 aliphatic heterocycles. The smallest absolute Gasteiger partial charge is 0.227 e. The van der Waals surface area contributed by atoms with Crippen LogP contribution in [0.25, 0.3) is 105 Å².